The van der Waals surface area contributed by atoms with Gasteiger partial charge in [-0.25, -0.2) is 18.0 Å². The quantitative estimate of drug-likeness (QED) is 0.486. The van der Waals surface area contributed by atoms with Crippen LogP contribution in [-0.4, -0.2) is 16.6 Å². The van der Waals surface area contributed by atoms with Gasteiger partial charge in [-0.3, -0.25) is 9.36 Å². The first-order valence-electron chi connectivity index (χ1n) is 10.4. The van der Waals surface area contributed by atoms with E-state index in [2.05, 4.69) is 10.6 Å². The zero-order chi connectivity index (χ0) is 25.0. The van der Waals surface area contributed by atoms with Gasteiger partial charge >= 0.3 is 6.03 Å². The van der Waals surface area contributed by atoms with Crippen molar-refractivity contribution in [3.63, 3.8) is 0 Å². The molecule has 6 nitrogen and oxygen atoms in total. The Bertz CT molecular complexity index is 1260. The second kappa shape index (κ2) is 10.6. The van der Waals surface area contributed by atoms with Crippen LogP contribution in [0.25, 0.3) is 5.69 Å². The van der Waals surface area contributed by atoms with Gasteiger partial charge in [0, 0.05) is 24.3 Å². The number of aromatic nitrogens is 1. The summed E-state index contributed by atoms with van der Waals surface area (Å²) in [6, 6.07) is 8.16. The van der Waals surface area contributed by atoms with Crippen molar-refractivity contribution in [2.45, 2.75) is 40.0 Å². The predicted molar refractivity (Wildman–Crippen MR) is 123 cm³/mol. The number of nitrogens with zero attached hydrogens (tertiary/aromatic N) is 1. The first-order valence-corrected chi connectivity index (χ1v) is 10.8. The highest BCUT2D eigenvalue weighted by Gasteiger charge is 2.19. The number of rotatable bonds is 7. The summed E-state index contributed by atoms with van der Waals surface area (Å²) < 4.78 is 48.8. The van der Waals surface area contributed by atoms with Crippen LogP contribution in [0.4, 0.5) is 18.0 Å². The van der Waals surface area contributed by atoms with Gasteiger partial charge < -0.3 is 15.4 Å². The lowest BCUT2D eigenvalue weighted by molar-refractivity contribution is 0.238. The Morgan fingerprint density at radius 2 is 1.76 bits per heavy atom. The van der Waals surface area contributed by atoms with Crippen LogP contribution in [0, 0.1) is 24.4 Å². The van der Waals surface area contributed by atoms with Crippen LogP contribution >= 0.6 is 11.6 Å². The highest BCUT2D eigenvalue weighted by Crippen LogP contribution is 2.26. The zero-order valence-corrected chi connectivity index (χ0v) is 19.5. The van der Waals surface area contributed by atoms with Crippen LogP contribution in [0.5, 0.6) is 5.75 Å². The van der Waals surface area contributed by atoms with Crippen molar-refractivity contribution < 1.29 is 22.7 Å². The SMILES string of the molecule is Cc1cc(OCc2ccc(F)cc2CNC(=O)NC(C)C)c(Cl)c(=O)n1-c1c(F)cccc1F. The molecule has 0 bridgehead atoms. The molecule has 3 rings (SSSR count). The molecule has 1 aromatic heterocycles. The summed E-state index contributed by atoms with van der Waals surface area (Å²) in [7, 11) is 0. The summed E-state index contributed by atoms with van der Waals surface area (Å²) in [5.41, 5.74) is -0.186. The molecular weight excluding hydrogens is 471 g/mol. The van der Waals surface area contributed by atoms with Gasteiger partial charge in [-0.1, -0.05) is 23.7 Å². The summed E-state index contributed by atoms with van der Waals surface area (Å²) in [4.78, 5) is 24.7. The van der Waals surface area contributed by atoms with E-state index in [1.165, 1.54) is 37.3 Å². The van der Waals surface area contributed by atoms with Gasteiger partial charge in [-0.15, -0.1) is 0 Å². The molecule has 0 aliphatic carbocycles. The number of urea groups is 1. The molecule has 2 aromatic carbocycles. The van der Waals surface area contributed by atoms with Gasteiger partial charge in [0.1, 0.15) is 40.5 Å². The van der Waals surface area contributed by atoms with E-state index in [0.29, 0.717) is 11.1 Å². The summed E-state index contributed by atoms with van der Waals surface area (Å²) in [5.74, 6) is -2.33. The molecule has 0 saturated carbocycles. The molecule has 2 N–H and O–H groups in total. The Hall–Kier alpha value is -3.46. The molecule has 0 unspecified atom stereocenters. The lowest BCUT2D eigenvalue weighted by Crippen LogP contribution is -2.39. The Morgan fingerprint density at radius 3 is 2.41 bits per heavy atom. The van der Waals surface area contributed by atoms with Crippen LogP contribution < -0.4 is 20.9 Å². The third kappa shape index (κ3) is 5.72. The van der Waals surface area contributed by atoms with Crippen molar-refractivity contribution in [3.05, 3.63) is 92.1 Å². The second-order valence-corrected chi connectivity index (χ2v) is 8.24. The maximum atomic E-state index is 14.2. The fourth-order valence-electron chi connectivity index (χ4n) is 3.31. The molecule has 0 spiro atoms. The van der Waals surface area contributed by atoms with Crippen molar-refractivity contribution >= 4 is 17.6 Å². The van der Waals surface area contributed by atoms with Crippen molar-refractivity contribution in [3.8, 4) is 11.4 Å². The molecule has 0 saturated heterocycles. The maximum absolute atomic E-state index is 14.2. The average Bonchev–Trinajstić information content (AvgIpc) is 2.76. The maximum Gasteiger partial charge on any atom is 0.315 e. The number of benzene rings is 2. The predicted octanol–water partition coefficient (Wildman–Crippen LogP) is 5.00. The molecule has 0 aliphatic heterocycles. The van der Waals surface area contributed by atoms with Crippen molar-refractivity contribution in [2.75, 3.05) is 0 Å². The number of carbonyl (C=O) groups is 1. The third-order valence-corrected chi connectivity index (χ3v) is 5.22. The van der Waals surface area contributed by atoms with Crippen LogP contribution in [0.2, 0.25) is 5.02 Å². The fourth-order valence-corrected chi connectivity index (χ4v) is 3.50. The monoisotopic (exact) mass is 493 g/mol. The van der Waals surface area contributed by atoms with Crippen LogP contribution in [0.3, 0.4) is 0 Å². The number of halogens is 4. The number of carbonyl (C=O) groups excluding carboxylic acids is 1. The van der Waals surface area contributed by atoms with Crippen molar-refractivity contribution in [1.29, 1.82) is 0 Å². The first-order chi connectivity index (χ1) is 16.1. The highest BCUT2D eigenvalue weighted by molar-refractivity contribution is 6.31. The van der Waals surface area contributed by atoms with E-state index in [1.54, 1.807) is 13.8 Å². The average molecular weight is 494 g/mol. The van der Waals surface area contributed by atoms with Gasteiger partial charge in [0.25, 0.3) is 5.56 Å². The number of hydrogen-bond acceptors (Lipinski definition) is 3. The molecular formula is C24H23ClF3N3O3. The van der Waals surface area contributed by atoms with E-state index >= 15 is 0 Å². The molecule has 34 heavy (non-hydrogen) atoms. The number of aryl methyl sites for hydroxylation is 1. The minimum Gasteiger partial charge on any atom is -0.487 e. The topological polar surface area (TPSA) is 72.4 Å². The van der Waals surface area contributed by atoms with Crippen molar-refractivity contribution in [2.24, 2.45) is 0 Å². The second-order valence-electron chi connectivity index (χ2n) is 7.86. The van der Waals surface area contributed by atoms with Crippen LogP contribution in [-0.2, 0) is 13.2 Å². The normalized spacial score (nSPS) is 10.9. The number of amides is 2. The minimum atomic E-state index is -0.917. The van der Waals surface area contributed by atoms with E-state index in [4.69, 9.17) is 16.3 Å². The van der Waals surface area contributed by atoms with Crippen LogP contribution in [0.1, 0.15) is 30.7 Å². The number of nitrogens with one attached hydrogen (secondary N) is 2. The fraction of sp³-hybridized carbons (Fsp3) is 0.250. The molecule has 180 valence electrons. The van der Waals surface area contributed by atoms with Gasteiger partial charge in [0.2, 0.25) is 0 Å². The van der Waals surface area contributed by atoms with Crippen LogP contribution in [0.15, 0.2) is 47.3 Å². The molecule has 0 radical (unpaired) electrons. The van der Waals surface area contributed by atoms with Gasteiger partial charge in [0.05, 0.1) is 0 Å². The lowest BCUT2D eigenvalue weighted by atomic mass is 10.1. The van der Waals surface area contributed by atoms with E-state index in [-0.39, 0.29) is 35.7 Å². The molecule has 2 amide bonds. The minimum absolute atomic E-state index is 0.00190. The van der Waals surface area contributed by atoms with Crippen molar-refractivity contribution in [1.82, 2.24) is 15.2 Å². The lowest BCUT2D eigenvalue weighted by Gasteiger charge is -2.17. The zero-order valence-electron chi connectivity index (χ0n) is 18.7. The van der Waals surface area contributed by atoms with Gasteiger partial charge in [-0.05, 0) is 56.2 Å². The molecule has 0 aliphatic rings. The molecule has 3 aromatic rings. The number of para-hydroxylation sites is 1. The summed E-state index contributed by atoms with van der Waals surface area (Å²) in [6.45, 7) is 5.04. The molecule has 10 heteroatoms. The Kier molecular flexibility index (Phi) is 7.88. The molecule has 0 fully saturated rings. The Balaban J connectivity index is 1.85. The largest absolute Gasteiger partial charge is 0.487 e. The van der Waals surface area contributed by atoms with Gasteiger partial charge in [0.15, 0.2) is 0 Å². The summed E-state index contributed by atoms with van der Waals surface area (Å²) >= 11 is 6.18. The van der Waals surface area contributed by atoms with E-state index < -0.39 is 34.7 Å². The number of hydrogen-bond donors (Lipinski definition) is 2. The highest BCUT2D eigenvalue weighted by atomic mass is 35.5. The number of ether oxygens (including phenoxy) is 1. The smallest absolute Gasteiger partial charge is 0.315 e. The first kappa shape index (κ1) is 25.2. The Morgan fingerprint density at radius 1 is 1.09 bits per heavy atom. The third-order valence-electron chi connectivity index (χ3n) is 4.87. The van der Waals surface area contributed by atoms with Gasteiger partial charge in [-0.2, -0.15) is 0 Å². The summed E-state index contributed by atoms with van der Waals surface area (Å²) in [6.07, 6.45) is 0. The Labute approximate surface area is 199 Å². The molecule has 1 heterocycles. The number of pyridine rings is 1. The molecule has 0 atom stereocenters. The van der Waals surface area contributed by atoms with E-state index in [9.17, 15) is 22.8 Å². The summed E-state index contributed by atoms with van der Waals surface area (Å²) in [5, 5.41) is 4.94. The van der Waals surface area contributed by atoms with E-state index in [1.807, 2.05) is 0 Å². The standard InChI is InChI=1S/C24H23ClF3N3O3/c1-13(2)30-24(33)29-11-16-10-17(26)8-7-15(16)12-34-20-9-14(3)31(23(32)21(20)25)22-18(27)5-4-6-19(22)28/h4-10,13H,11-12H2,1-3H3,(H2,29,30,33). The van der Waals surface area contributed by atoms with E-state index in [0.717, 1.165) is 16.7 Å².